The molecule has 140 valence electrons. The van der Waals surface area contributed by atoms with Crippen molar-refractivity contribution in [3.63, 3.8) is 0 Å². The van der Waals surface area contributed by atoms with Crippen LogP contribution in [0.5, 0.6) is 0 Å². The van der Waals surface area contributed by atoms with E-state index in [0.717, 1.165) is 32.1 Å². The normalized spacial score (nSPS) is 14.2. The zero-order valence-corrected chi connectivity index (χ0v) is 20.1. The van der Waals surface area contributed by atoms with Crippen LogP contribution in [-0.4, -0.2) is 29.4 Å². The van der Waals surface area contributed by atoms with Crippen LogP contribution in [0.15, 0.2) is 0 Å². The van der Waals surface area contributed by atoms with Gasteiger partial charge in [0.15, 0.2) is 0 Å². The minimum atomic E-state index is -4.09. The number of hydrogen-bond acceptors (Lipinski definition) is 4. The van der Waals surface area contributed by atoms with E-state index in [2.05, 4.69) is 0 Å². The third-order valence-corrected chi connectivity index (χ3v) is 5.70. The van der Waals surface area contributed by atoms with Crippen LogP contribution in [0.4, 0.5) is 0 Å². The Morgan fingerprint density at radius 1 is 0.708 bits per heavy atom. The van der Waals surface area contributed by atoms with Gasteiger partial charge in [-0.1, -0.05) is 77.0 Å². The second-order valence-electron chi connectivity index (χ2n) is 6.97. The second-order valence-corrected chi connectivity index (χ2v) is 8.76. The van der Waals surface area contributed by atoms with Crippen LogP contribution in [-0.2, 0) is 10.1 Å². The average molecular weight is 389 g/mol. The van der Waals surface area contributed by atoms with E-state index in [-0.39, 0.29) is 57.5 Å². The summed E-state index contributed by atoms with van der Waals surface area (Å²) >= 11 is 0. The van der Waals surface area contributed by atoms with Gasteiger partial charge in [0.25, 0.3) is 0 Å². The molecular weight excluding hydrogens is 351 g/mol. The first-order valence-electron chi connectivity index (χ1n) is 9.47. The Hall–Kier alpha value is 1.51. The van der Waals surface area contributed by atoms with Crippen molar-refractivity contribution in [2.45, 2.75) is 115 Å². The van der Waals surface area contributed by atoms with Crippen LogP contribution in [0.3, 0.4) is 0 Å². The number of aliphatic hydroxyl groups excluding tert-OH is 1. The van der Waals surface area contributed by atoms with Gasteiger partial charge in [-0.15, -0.1) is 0 Å². The van der Waals surface area contributed by atoms with E-state index in [1.54, 1.807) is 0 Å². The molecule has 2 atom stereocenters. The molecule has 0 radical (unpaired) electrons. The van der Waals surface area contributed by atoms with E-state index in [1.165, 1.54) is 58.3 Å². The van der Waals surface area contributed by atoms with Gasteiger partial charge in [-0.2, -0.15) is 0 Å². The third-order valence-electron chi connectivity index (χ3n) is 4.48. The predicted molar refractivity (Wildman–Crippen MR) is 95.5 cm³/mol. The van der Waals surface area contributed by atoms with Gasteiger partial charge in [-0.25, -0.2) is 8.42 Å². The first-order valence-corrected chi connectivity index (χ1v) is 10.9. The molecule has 0 heterocycles. The quantitative estimate of drug-likeness (QED) is 0.248. The summed E-state index contributed by atoms with van der Waals surface area (Å²) in [6.45, 7) is 3.36. The van der Waals surface area contributed by atoms with Crippen molar-refractivity contribution >= 4 is 10.1 Å². The molecule has 0 rings (SSSR count). The zero-order chi connectivity index (χ0) is 17.6. The summed E-state index contributed by atoms with van der Waals surface area (Å²) in [5.74, 6) is 0. The molecule has 24 heavy (non-hydrogen) atoms. The SMILES string of the molecule is CC(O)CCCCCCCCCCCCCCC(C)S(=O)(=O)[O-].[K+]. The first-order chi connectivity index (χ1) is 10.8. The standard InChI is InChI=1S/C18H38O4S.K/c1-17(19)15-13-11-9-7-5-3-4-6-8-10-12-14-16-18(2)23(20,21)22;/h17-19H,3-16H2,1-2H3,(H,20,21,22);/q;+1/p-1. The van der Waals surface area contributed by atoms with Crippen LogP contribution >= 0.6 is 0 Å². The van der Waals surface area contributed by atoms with Gasteiger partial charge in [0.1, 0.15) is 0 Å². The van der Waals surface area contributed by atoms with E-state index in [0.29, 0.717) is 6.42 Å². The Balaban J connectivity index is 0. The third kappa shape index (κ3) is 19.8. The summed E-state index contributed by atoms with van der Waals surface area (Å²) in [6, 6.07) is 0. The minimum Gasteiger partial charge on any atom is -0.748 e. The Kier molecular flexibility index (Phi) is 20.7. The molecule has 0 aliphatic rings. The van der Waals surface area contributed by atoms with E-state index >= 15 is 0 Å². The fraction of sp³-hybridized carbons (Fsp3) is 1.00. The van der Waals surface area contributed by atoms with Crippen LogP contribution in [0.2, 0.25) is 0 Å². The van der Waals surface area contributed by atoms with Gasteiger partial charge in [-0.3, -0.25) is 0 Å². The Labute approximate surface area is 192 Å². The summed E-state index contributed by atoms with van der Waals surface area (Å²) in [4.78, 5) is 0. The molecule has 0 amide bonds. The first kappa shape index (κ1) is 27.7. The van der Waals surface area contributed by atoms with Crippen molar-refractivity contribution in [3.05, 3.63) is 0 Å². The van der Waals surface area contributed by atoms with Crippen LogP contribution in [0.1, 0.15) is 104 Å². The van der Waals surface area contributed by atoms with E-state index in [1.807, 2.05) is 6.92 Å². The average Bonchev–Trinajstić information content (AvgIpc) is 2.46. The molecule has 0 aliphatic heterocycles. The molecule has 0 bridgehead atoms. The van der Waals surface area contributed by atoms with Crippen LogP contribution < -0.4 is 51.4 Å². The zero-order valence-electron chi connectivity index (χ0n) is 16.1. The molecule has 0 saturated heterocycles. The number of aliphatic hydroxyl groups is 1. The minimum absolute atomic E-state index is 0. The molecule has 1 N–H and O–H groups in total. The van der Waals surface area contributed by atoms with Crippen molar-refractivity contribution < 1.29 is 69.5 Å². The molecule has 0 spiro atoms. The van der Waals surface area contributed by atoms with Crippen molar-refractivity contribution in [2.75, 3.05) is 0 Å². The molecule has 0 aromatic carbocycles. The monoisotopic (exact) mass is 388 g/mol. The number of unbranched alkanes of at least 4 members (excludes halogenated alkanes) is 11. The fourth-order valence-electron chi connectivity index (χ4n) is 2.78. The molecule has 0 fully saturated rings. The Bertz CT molecular complexity index is 358. The molecule has 6 heteroatoms. The van der Waals surface area contributed by atoms with Gasteiger partial charge in [0, 0.05) is 5.25 Å². The van der Waals surface area contributed by atoms with E-state index in [4.69, 9.17) is 5.11 Å². The van der Waals surface area contributed by atoms with Gasteiger partial charge in [0.05, 0.1) is 16.2 Å². The molecule has 0 saturated carbocycles. The molecular formula is C18H37KO4S. The maximum Gasteiger partial charge on any atom is 1.00 e. The molecule has 4 nitrogen and oxygen atoms in total. The second kappa shape index (κ2) is 17.9. The maximum absolute atomic E-state index is 10.7. The molecule has 0 aromatic rings. The van der Waals surface area contributed by atoms with Crippen molar-refractivity contribution in [1.82, 2.24) is 0 Å². The summed E-state index contributed by atoms with van der Waals surface area (Å²) in [6.07, 6.45) is 15.7. The summed E-state index contributed by atoms with van der Waals surface area (Å²) in [5.41, 5.74) is 0. The summed E-state index contributed by atoms with van der Waals surface area (Å²) in [7, 11) is -4.09. The van der Waals surface area contributed by atoms with Gasteiger partial charge < -0.3 is 9.66 Å². The molecule has 0 aliphatic carbocycles. The summed E-state index contributed by atoms with van der Waals surface area (Å²) in [5, 5.41) is 8.42. The van der Waals surface area contributed by atoms with Crippen molar-refractivity contribution in [1.29, 1.82) is 0 Å². The molecule has 0 aromatic heterocycles. The Morgan fingerprint density at radius 3 is 1.29 bits per heavy atom. The van der Waals surface area contributed by atoms with Crippen molar-refractivity contribution in [3.8, 4) is 0 Å². The van der Waals surface area contributed by atoms with Gasteiger partial charge >= 0.3 is 51.4 Å². The van der Waals surface area contributed by atoms with Gasteiger partial charge in [-0.05, 0) is 26.7 Å². The maximum atomic E-state index is 10.7. The topological polar surface area (TPSA) is 77.4 Å². The smallest absolute Gasteiger partial charge is 0.748 e. The van der Waals surface area contributed by atoms with Crippen LogP contribution in [0.25, 0.3) is 0 Å². The number of rotatable bonds is 16. The summed E-state index contributed by atoms with van der Waals surface area (Å²) < 4.78 is 32.2. The number of hydrogen-bond donors (Lipinski definition) is 1. The van der Waals surface area contributed by atoms with Crippen molar-refractivity contribution in [2.24, 2.45) is 0 Å². The fourth-order valence-corrected chi connectivity index (χ4v) is 3.24. The molecule has 2 unspecified atom stereocenters. The largest absolute Gasteiger partial charge is 1.00 e. The Morgan fingerprint density at radius 2 is 1.00 bits per heavy atom. The van der Waals surface area contributed by atoms with E-state index in [9.17, 15) is 13.0 Å². The van der Waals surface area contributed by atoms with E-state index < -0.39 is 15.4 Å². The van der Waals surface area contributed by atoms with Gasteiger partial charge in [0.2, 0.25) is 0 Å². The van der Waals surface area contributed by atoms with Crippen LogP contribution in [0, 0.1) is 0 Å². The predicted octanol–water partition coefficient (Wildman–Crippen LogP) is 1.77.